The van der Waals surface area contributed by atoms with Gasteiger partial charge in [0.05, 0.1) is 10.7 Å². The zero-order valence-electron chi connectivity index (χ0n) is 10.2. The molecule has 0 bridgehead atoms. The minimum absolute atomic E-state index is 0.0692. The molecule has 2 N–H and O–H groups in total. The number of anilines is 1. The predicted molar refractivity (Wildman–Crippen MR) is 71.1 cm³/mol. The van der Waals surface area contributed by atoms with Crippen molar-refractivity contribution < 1.29 is 18.0 Å². The molecule has 0 spiro atoms. The molecule has 1 saturated heterocycles. The van der Waals surface area contributed by atoms with E-state index in [4.69, 9.17) is 23.2 Å². The van der Waals surface area contributed by atoms with Crippen LogP contribution in [0.2, 0.25) is 10.0 Å². The third-order valence-electron chi connectivity index (χ3n) is 3.31. The fourth-order valence-electron chi connectivity index (χ4n) is 2.09. The Kier molecular flexibility index (Phi) is 4.18. The van der Waals surface area contributed by atoms with E-state index in [1.165, 1.54) is 18.2 Å². The standard InChI is InChI=1S/C12H11Cl2F3N2O/c13-7-1-2-8(14)9(5-7)19-10(20)11(12(15,16)17)3-4-18-6-11/h1-2,5,18H,3-4,6H2,(H,19,20). The Bertz CT molecular complexity index is 528. The normalized spacial score (nSPS) is 22.9. The second kappa shape index (κ2) is 5.42. The Morgan fingerprint density at radius 1 is 1.35 bits per heavy atom. The fraction of sp³-hybridized carbons (Fsp3) is 0.417. The summed E-state index contributed by atoms with van der Waals surface area (Å²) in [4.78, 5) is 12.1. The Morgan fingerprint density at radius 2 is 2.05 bits per heavy atom. The SMILES string of the molecule is O=C(Nc1cc(Cl)ccc1Cl)C1(C(F)(F)F)CCNC1. The maximum Gasteiger partial charge on any atom is 0.404 e. The quantitative estimate of drug-likeness (QED) is 0.873. The molecule has 0 aromatic heterocycles. The first-order valence-corrected chi connectivity index (χ1v) is 6.56. The number of rotatable bonds is 2. The first-order valence-electron chi connectivity index (χ1n) is 5.80. The Labute approximate surface area is 123 Å². The van der Waals surface area contributed by atoms with E-state index in [2.05, 4.69) is 10.6 Å². The van der Waals surface area contributed by atoms with Crippen molar-refractivity contribution in [2.45, 2.75) is 12.6 Å². The molecule has 1 aliphatic rings. The molecular formula is C12H11Cl2F3N2O. The summed E-state index contributed by atoms with van der Waals surface area (Å²) in [6.45, 7) is -0.309. The van der Waals surface area contributed by atoms with Crippen molar-refractivity contribution in [3.05, 3.63) is 28.2 Å². The third-order valence-corrected chi connectivity index (χ3v) is 3.87. The Balaban J connectivity index is 2.28. The van der Waals surface area contributed by atoms with Crippen LogP contribution in [0.3, 0.4) is 0 Å². The van der Waals surface area contributed by atoms with Crippen LogP contribution < -0.4 is 10.6 Å². The van der Waals surface area contributed by atoms with Gasteiger partial charge in [-0.05, 0) is 31.2 Å². The van der Waals surface area contributed by atoms with Gasteiger partial charge in [-0.1, -0.05) is 23.2 Å². The minimum Gasteiger partial charge on any atom is -0.324 e. The second-order valence-electron chi connectivity index (χ2n) is 4.58. The van der Waals surface area contributed by atoms with Crippen LogP contribution >= 0.6 is 23.2 Å². The number of alkyl halides is 3. The van der Waals surface area contributed by atoms with Crippen LogP contribution in [-0.4, -0.2) is 25.2 Å². The van der Waals surface area contributed by atoms with E-state index in [0.717, 1.165) is 0 Å². The maximum atomic E-state index is 13.2. The maximum absolute atomic E-state index is 13.2. The summed E-state index contributed by atoms with van der Waals surface area (Å²) in [5.74, 6) is -1.13. The minimum atomic E-state index is -4.63. The molecule has 0 aliphatic carbocycles. The summed E-state index contributed by atoms with van der Waals surface area (Å²) in [5, 5.41) is 5.20. The van der Waals surface area contributed by atoms with E-state index in [9.17, 15) is 18.0 Å². The van der Waals surface area contributed by atoms with E-state index in [1.807, 2.05) is 0 Å². The van der Waals surface area contributed by atoms with Gasteiger partial charge in [0.2, 0.25) is 5.91 Å². The van der Waals surface area contributed by atoms with Crippen molar-refractivity contribution in [3.8, 4) is 0 Å². The van der Waals surface area contributed by atoms with Gasteiger partial charge < -0.3 is 10.6 Å². The monoisotopic (exact) mass is 326 g/mol. The molecule has 1 aromatic rings. The van der Waals surface area contributed by atoms with E-state index < -0.39 is 24.0 Å². The van der Waals surface area contributed by atoms with Gasteiger partial charge in [-0.3, -0.25) is 4.79 Å². The molecule has 1 atom stereocenters. The summed E-state index contributed by atoms with van der Waals surface area (Å²) in [6, 6.07) is 4.21. The highest BCUT2D eigenvalue weighted by molar-refractivity contribution is 6.35. The lowest BCUT2D eigenvalue weighted by molar-refractivity contribution is -0.213. The largest absolute Gasteiger partial charge is 0.404 e. The van der Waals surface area contributed by atoms with Crippen LogP contribution in [0, 0.1) is 5.41 Å². The van der Waals surface area contributed by atoms with Crippen LogP contribution in [0.25, 0.3) is 0 Å². The smallest absolute Gasteiger partial charge is 0.324 e. The van der Waals surface area contributed by atoms with E-state index in [1.54, 1.807) is 0 Å². The Morgan fingerprint density at radius 3 is 2.60 bits per heavy atom. The van der Waals surface area contributed by atoms with Crippen molar-refractivity contribution in [2.24, 2.45) is 5.41 Å². The van der Waals surface area contributed by atoms with Gasteiger partial charge in [-0.2, -0.15) is 13.2 Å². The second-order valence-corrected chi connectivity index (χ2v) is 5.43. The van der Waals surface area contributed by atoms with Gasteiger partial charge in [0.25, 0.3) is 0 Å². The highest BCUT2D eigenvalue weighted by Gasteiger charge is 2.61. The predicted octanol–water partition coefficient (Wildman–Crippen LogP) is 3.47. The zero-order valence-corrected chi connectivity index (χ0v) is 11.7. The molecule has 1 amide bonds. The summed E-state index contributed by atoms with van der Waals surface area (Å²) in [7, 11) is 0. The molecule has 20 heavy (non-hydrogen) atoms. The van der Waals surface area contributed by atoms with Crippen LogP contribution in [0.15, 0.2) is 18.2 Å². The van der Waals surface area contributed by atoms with Gasteiger partial charge >= 0.3 is 6.18 Å². The average Bonchev–Trinajstić information content (AvgIpc) is 2.83. The molecule has 0 radical (unpaired) electrons. The molecule has 2 rings (SSSR count). The van der Waals surface area contributed by atoms with Crippen molar-refractivity contribution in [1.29, 1.82) is 0 Å². The molecule has 3 nitrogen and oxygen atoms in total. The lowest BCUT2D eigenvalue weighted by atomic mass is 9.85. The summed E-state index contributed by atoms with van der Waals surface area (Å²) < 4.78 is 39.6. The number of hydrogen-bond donors (Lipinski definition) is 2. The zero-order chi connectivity index (χ0) is 15.0. The number of halogens is 5. The van der Waals surface area contributed by atoms with E-state index >= 15 is 0 Å². The number of hydrogen-bond acceptors (Lipinski definition) is 2. The molecule has 8 heteroatoms. The molecule has 1 unspecified atom stereocenters. The van der Waals surface area contributed by atoms with Gasteiger partial charge in [0.15, 0.2) is 5.41 Å². The molecule has 1 aromatic carbocycles. The van der Waals surface area contributed by atoms with Crippen LogP contribution in [0.4, 0.5) is 18.9 Å². The number of amides is 1. The van der Waals surface area contributed by atoms with Crippen molar-refractivity contribution in [1.82, 2.24) is 5.32 Å². The first kappa shape index (κ1) is 15.4. The summed E-state index contributed by atoms with van der Waals surface area (Å²) in [5.41, 5.74) is -2.36. The lowest BCUT2D eigenvalue weighted by Gasteiger charge is -2.29. The number of carbonyl (C=O) groups is 1. The van der Waals surface area contributed by atoms with Gasteiger partial charge in [-0.25, -0.2) is 0 Å². The fourth-order valence-corrected chi connectivity index (χ4v) is 2.43. The molecule has 1 heterocycles. The highest BCUT2D eigenvalue weighted by atomic mass is 35.5. The topological polar surface area (TPSA) is 41.1 Å². The van der Waals surface area contributed by atoms with E-state index in [0.29, 0.717) is 0 Å². The summed E-state index contributed by atoms with van der Waals surface area (Å²) in [6.07, 6.45) is -4.94. The number of nitrogens with one attached hydrogen (secondary N) is 2. The number of benzene rings is 1. The molecular weight excluding hydrogens is 316 g/mol. The Hall–Kier alpha value is -0.980. The molecule has 1 aliphatic heterocycles. The first-order chi connectivity index (χ1) is 9.26. The van der Waals surface area contributed by atoms with Crippen LogP contribution in [0.1, 0.15) is 6.42 Å². The van der Waals surface area contributed by atoms with Gasteiger partial charge in [0, 0.05) is 11.6 Å². The van der Waals surface area contributed by atoms with Gasteiger partial charge in [-0.15, -0.1) is 0 Å². The average molecular weight is 327 g/mol. The highest BCUT2D eigenvalue weighted by Crippen LogP contribution is 2.44. The van der Waals surface area contributed by atoms with Crippen molar-refractivity contribution in [3.63, 3.8) is 0 Å². The van der Waals surface area contributed by atoms with Crippen LogP contribution in [0.5, 0.6) is 0 Å². The third kappa shape index (κ3) is 2.73. The van der Waals surface area contributed by atoms with E-state index in [-0.39, 0.29) is 28.7 Å². The van der Waals surface area contributed by atoms with Crippen LogP contribution in [-0.2, 0) is 4.79 Å². The molecule has 110 valence electrons. The van der Waals surface area contributed by atoms with Crippen molar-refractivity contribution in [2.75, 3.05) is 18.4 Å². The van der Waals surface area contributed by atoms with Gasteiger partial charge in [0.1, 0.15) is 0 Å². The summed E-state index contributed by atoms with van der Waals surface area (Å²) >= 11 is 11.6. The lowest BCUT2D eigenvalue weighted by Crippen LogP contribution is -2.49. The molecule has 0 saturated carbocycles. The van der Waals surface area contributed by atoms with Crippen molar-refractivity contribution >= 4 is 34.8 Å². The molecule has 1 fully saturated rings. The number of carbonyl (C=O) groups excluding carboxylic acids is 1.